The van der Waals surface area contributed by atoms with Crippen LogP contribution in [0.25, 0.3) is 0 Å². The monoisotopic (exact) mass is 225 g/mol. The first kappa shape index (κ1) is 11.9. The molecule has 0 radical (unpaired) electrons. The van der Waals surface area contributed by atoms with Crippen molar-refractivity contribution in [2.24, 2.45) is 5.73 Å². The maximum Gasteiger partial charge on any atom is 0.224 e. The zero-order valence-electron chi connectivity index (χ0n) is 10.2. The van der Waals surface area contributed by atoms with Gasteiger partial charge < -0.3 is 10.6 Å². The minimum Gasteiger partial charge on any atom is -0.341 e. The summed E-state index contributed by atoms with van der Waals surface area (Å²) in [6.45, 7) is 6.12. The lowest BCUT2D eigenvalue weighted by Gasteiger charge is -2.26. The predicted octanol–water partition coefficient (Wildman–Crippen LogP) is 0.420. The Morgan fingerprint density at radius 3 is 2.88 bits per heavy atom. The van der Waals surface area contributed by atoms with E-state index in [1.54, 1.807) is 0 Å². The summed E-state index contributed by atoms with van der Waals surface area (Å²) in [5.41, 5.74) is 5.69. The van der Waals surface area contributed by atoms with Crippen LogP contribution in [-0.4, -0.2) is 54.0 Å². The largest absolute Gasteiger partial charge is 0.341 e. The van der Waals surface area contributed by atoms with Crippen molar-refractivity contribution in [1.29, 1.82) is 0 Å². The molecular formula is C12H23N3O. The maximum absolute atomic E-state index is 12.0. The average Bonchev–Trinajstić information content (AvgIpc) is 2.54. The van der Waals surface area contributed by atoms with Crippen LogP contribution in [0.4, 0.5) is 0 Å². The van der Waals surface area contributed by atoms with Gasteiger partial charge in [0.15, 0.2) is 0 Å². The van der Waals surface area contributed by atoms with Gasteiger partial charge in [0, 0.05) is 38.1 Å². The van der Waals surface area contributed by atoms with Crippen LogP contribution >= 0.6 is 0 Å². The molecule has 1 amide bonds. The van der Waals surface area contributed by atoms with E-state index in [9.17, 15) is 4.79 Å². The van der Waals surface area contributed by atoms with Crippen molar-refractivity contribution in [3.05, 3.63) is 0 Å². The van der Waals surface area contributed by atoms with Gasteiger partial charge in [-0.3, -0.25) is 9.69 Å². The van der Waals surface area contributed by atoms with Crippen LogP contribution in [0.2, 0.25) is 0 Å². The van der Waals surface area contributed by atoms with Gasteiger partial charge in [-0.05, 0) is 32.7 Å². The molecule has 2 heterocycles. The zero-order chi connectivity index (χ0) is 11.5. The van der Waals surface area contributed by atoms with Crippen molar-refractivity contribution in [3.63, 3.8) is 0 Å². The summed E-state index contributed by atoms with van der Waals surface area (Å²) in [5, 5.41) is 0. The summed E-state index contributed by atoms with van der Waals surface area (Å²) in [7, 11) is 0. The van der Waals surface area contributed by atoms with Gasteiger partial charge in [-0.2, -0.15) is 0 Å². The van der Waals surface area contributed by atoms with E-state index in [-0.39, 0.29) is 11.9 Å². The smallest absolute Gasteiger partial charge is 0.224 e. The Hall–Kier alpha value is -0.610. The van der Waals surface area contributed by atoms with E-state index in [1.165, 1.54) is 19.4 Å². The highest BCUT2D eigenvalue weighted by Crippen LogP contribution is 2.21. The van der Waals surface area contributed by atoms with Crippen LogP contribution in [0.1, 0.15) is 32.6 Å². The molecule has 2 aliphatic rings. The summed E-state index contributed by atoms with van der Waals surface area (Å²) in [6, 6.07) is 0.593. The number of hydrogen-bond donors (Lipinski definition) is 1. The molecule has 4 heteroatoms. The van der Waals surface area contributed by atoms with E-state index in [0.29, 0.717) is 12.5 Å². The number of hydrogen-bond acceptors (Lipinski definition) is 3. The Morgan fingerprint density at radius 1 is 1.38 bits per heavy atom. The van der Waals surface area contributed by atoms with Crippen molar-refractivity contribution >= 4 is 5.91 Å². The molecule has 16 heavy (non-hydrogen) atoms. The van der Waals surface area contributed by atoms with Crippen molar-refractivity contribution in [2.45, 2.75) is 44.7 Å². The maximum atomic E-state index is 12.0. The second kappa shape index (κ2) is 5.15. The number of carbonyl (C=O) groups excluding carboxylic acids is 1. The molecule has 2 atom stereocenters. The molecule has 0 aliphatic carbocycles. The SMILES string of the molecule is CC(N)CC(=O)N1CCCN2CCCC2C1. The highest BCUT2D eigenvalue weighted by molar-refractivity contribution is 5.76. The first-order chi connectivity index (χ1) is 7.66. The van der Waals surface area contributed by atoms with Crippen LogP contribution in [-0.2, 0) is 4.79 Å². The molecular weight excluding hydrogens is 202 g/mol. The topological polar surface area (TPSA) is 49.6 Å². The van der Waals surface area contributed by atoms with Crippen molar-refractivity contribution in [2.75, 3.05) is 26.2 Å². The zero-order valence-corrected chi connectivity index (χ0v) is 10.2. The predicted molar refractivity (Wildman–Crippen MR) is 64.1 cm³/mol. The van der Waals surface area contributed by atoms with E-state index in [4.69, 9.17) is 5.73 Å². The molecule has 2 aliphatic heterocycles. The quantitative estimate of drug-likeness (QED) is 0.741. The van der Waals surface area contributed by atoms with Crippen molar-refractivity contribution in [3.8, 4) is 0 Å². The summed E-state index contributed by atoms with van der Waals surface area (Å²) in [5.74, 6) is 0.240. The molecule has 0 spiro atoms. The third-order valence-corrected chi connectivity index (χ3v) is 3.65. The normalized spacial score (nSPS) is 28.6. The van der Waals surface area contributed by atoms with E-state index in [2.05, 4.69) is 4.90 Å². The summed E-state index contributed by atoms with van der Waals surface area (Å²) in [6.07, 6.45) is 4.15. The van der Waals surface area contributed by atoms with Gasteiger partial charge in [0.2, 0.25) is 5.91 Å². The van der Waals surface area contributed by atoms with Gasteiger partial charge in [-0.15, -0.1) is 0 Å². The van der Waals surface area contributed by atoms with Crippen LogP contribution < -0.4 is 5.73 Å². The van der Waals surface area contributed by atoms with Crippen LogP contribution in [0.15, 0.2) is 0 Å². The van der Waals surface area contributed by atoms with Crippen molar-refractivity contribution < 1.29 is 4.79 Å². The Kier molecular flexibility index (Phi) is 3.82. The number of rotatable bonds is 2. The lowest BCUT2D eigenvalue weighted by atomic mass is 10.2. The molecule has 92 valence electrons. The van der Waals surface area contributed by atoms with Gasteiger partial charge in [-0.25, -0.2) is 0 Å². The molecule has 0 bridgehead atoms. The number of carbonyl (C=O) groups is 1. The fourth-order valence-corrected chi connectivity index (χ4v) is 2.84. The molecule has 2 N–H and O–H groups in total. The van der Waals surface area contributed by atoms with Gasteiger partial charge in [0.05, 0.1) is 0 Å². The number of fused-ring (bicyclic) bond motifs is 1. The Bertz CT molecular complexity index is 255. The van der Waals surface area contributed by atoms with E-state index in [0.717, 1.165) is 26.1 Å². The fourth-order valence-electron chi connectivity index (χ4n) is 2.84. The van der Waals surface area contributed by atoms with Crippen molar-refractivity contribution in [1.82, 2.24) is 9.80 Å². The lowest BCUT2D eigenvalue weighted by Crippen LogP contribution is -2.41. The first-order valence-corrected chi connectivity index (χ1v) is 6.44. The van der Waals surface area contributed by atoms with E-state index >= 15 is 0 Å². The third-order valence-electron chi connectivity index (χ3n) is 3.65. The van der Waals surface area contributed by atoms with Crippen LogP contribution in [0, 0.1) is 0 Å². The Labute approximate surface area is 97.8 Å². The third kappa shape index (κ3) is 2.74. The summed E-state index contributed by atoms with van der Waals surface area (Å²) in [4.78, 5) is 16.5. The fraction of sp³-hybridized carbons (Fsp3) is 0.917. The molecule has 0 aromatic heterocycles. The number of amides is 1. The molecule has 0 aromatic rings. The van der Waals surface area contributed by atoms with Crippen LogP contribution in [0.5, 0.6) is 0 Å². The molecule has 2 rings (SSSR count). The lowest BCUT2D eigenvalue weighted by molar-refractivity contribution is -0.131. The summed E-state index contributed by atoms with van der Waals surface area (Å²) < 4.78 is 0. The van der Waals surface area contributed by atoms with Gasteiger partial charge in [0.25, 0.3) is 0 Å². The molecule has 4 nitrogen and oxygen atoms in total. The molecule has 0 saturated carbocycles. The minimum absolute atomic E-state index is 0.0181. The van der Waals surface area contributed by atoms with Gasteiger partial charge in [0.1, 0.15) is 0 Å². The number of nitrogens with two attached hydrogens (primary N) is 1. The highest BCUT2D eigenvalue weighted by atomic mass is 16.2. The molecule has 2 unspecified atom stereocenters. The molecule has 2 saturated heterocycles. The van der Waals surface area contributed by atoms with Crippen LogP contribution in [0.3, 0.4) is 0 Å². The minimum atomic E-state index is -0.0181. The van der Waals surface area contributed by atoms with Gasteiger partial charge >= 0.3 is 0 Å². The first-order valence-electron chi connectivity index (χ1n) is 6.44. The van der Waals surface area contributed by atoms with E-state index < -0.39 is 0 Å². The second-order valence-electron chi connectivity index (χ2n) is 5.21. The highest BCUT2D eigenvalue weighted by Gasteiger charge is 2.30. The summed E-state index contributed by atoms with van der Waals surface area (Å²) >= 11 is 0. The molecule has 2 fully saturated rings. The average molecular weight is 225 g/mol. The Balaban J connectivity index is 1.92. The number of nitrogens with zero attached hydrogens (tertiary/aromatic N) is 2. The van der Waals surface area contributed by atoms with E-state index in [1.807, 2.05) is 11.8 Å². The van der Waals surface area contributed by atoms with Gasteiger partial charge in [-0.1, -0.05) is 0 Å². The standard InChI is InChI=1S/C12H23N3O/c1-10(13)8-12(16)15-7-3-6-14-5-2-4-11(14)9-15/h10-11H,2-9,13H2,1H3. The second-order valence-corrected chi connectivity index (χ2v) is 5.21. The Morgan fingerprint density at radius 2 is 2.12 bits per heavy atom. The molecule has 0 aromatic carbocycles.